The van der Waals surface area contributed by atoms with Crippen molar-refractivity contribution in [2.75, 3.05) is 36.6 Å². The van der Waals surface area contributed by atoms with Crippen molar-refractivity contribution in [2.45, 2.75) is 18.9 Å². The normalized spacial score (nSPS) is 18.3. The summed E-state index contributed by atoms with van der Waals surface area (Å²) in [5.41, 5.74) is 9.15. The third kappa shape index (κ3) is 4.63. The molecule has 0 bridgehead atoms. The summed E-state index contributed by atoms with van der Waals surface area (Å²) in [5.74, 6) is 1.92. The maximum absolute atomic E-state index is 12.9. The average Bonchev–Trinajstić information content (AvgIpc) is 3.34. The molecule has 1 atom stereocenters. The minimum atomic E-state index is -0.465. The number of thioether (sulfide) groups is 1. The molecule has 2 saturated heterocycles. The summed E-state index contributed by atoms with van der Waals surface area (Å²) >= 11 is 1.77. The van der Waals surface area contributed by atoms with E-state index in [1.165, 1.54) is 0 Å². The lowest BCUT2D eigenvalue weighted by Crippen LogP contribution is -2.51. The van der Waals surface area contributed by atoms with Crippen LogP contribution in [0.1, 0.15) is 12.8 Å². The number of hydrogen-bond acceptors (Lipinski definition) is 4. The van der Waals surface area contributed by atoms with E-state index in [0.717, 1.165) is 47.8 Å². The van der Waals surface area contributed by atoms with Crippen LogP contribution in [0.3, 0.4) is 0 Å². The first kappa shape index (κ1) is 20.8. The Labute approximate surface area is 181 Å². The predicted octanol–water partition coefficient (Wildman–Crippen LogP) is 3.46. The lowest BCUT2D eigenvalue weighted by atomic mass is 9.89. The molecule has 1 unspecified atom stereocenters. The molecule has 3 amide bonds. The second kappa shape index (κ2) is 9.53. The standard InChI is InChI=1S/C23H28N4O2S/c24-21(22(28)27-14-15-30-16-27)18-10-12-26(13-11-18)23(29)25-20-9-5-4-8-19(20)17-6-2-1-3-7-17/h1-9,18,21H,10-16,24H2,(H,25,29). The summed E-state index contributed by atoms with van der Waals surface area (Å²) < 4.78 is 0. The van der Waals surface area contributed by atoms with Gasteiger partial charge < -0.3 is 20.9 Å². The minimum Gasteiger partial charge on any atom is -0.331 e. The quantitative estimate of drug-likeness (QED) is 0.788. The van der Waals surface area contributed by atoms with Crippen LogP contribution >= 0.6 is 11.8 Å². The first-order valence-corrected chi connectivity index (χ1v) is 11.6. The van der Waals surface area contributed by atoms with Gasteiger partial charge in [-0.05, 0) is 30.4 Å². The number of carbonyl (C=O) groups is 2. The van der Waals surface area contributed by atoms with Crippen molar-refractivity contribution in [1.82, 2.24) is 9.80 Å². The summed E-state index contributed by atoms with van der Waals surface area (Å²) in [6, 6.07) is 17.3. The van der Waals surface area contributed by atoms with Gasteiger partial charge in [0.1, 0.15) is 0 Å². The Hall–Kier alpha value is -2.51. The lowest BCUT2D eigenvalue weighted by Gasteiger charge is -2.35. The third-order valence-electron chi connectivity index (χ3n) is 5.94. The van der Waals surface area contributed by atoms with Gasteiger partial charge in [-0.15, -0.1) is 11.8 Å². The molecule has 0 saturated carbocycles. The Bertz CT molecular complexity index is 878. The molecule has 4 rings (SSSR count). The summed E-state index contributed by atoms with van der Waals surface area (Å²) in [6.07, 6.45) is 1.50. The van der Waals surface area contributed by atoms with Crippen molar-refractivity contribution in [1.29, 1.82) is 0 Å². The minimum absolute atomic E-state index is 0.0553. The number of nitrogens with zero attached hydrogens (tertiary/aromatic N) is 2. The summed E-state index contributed by atoms with van der Waals surface area (Å²) in [4.78, 5) is 29.1. The van der Waals surface area contributed by atoms with Crippen LogP contribution in [0.25, 0.3) is 11.1 Å². The number of piperidine rings is 1. The van der Waals surface area contributed by atoms with Crippen molar-refractivity contribution in [3.8, 4) is 11.1 Å². The smallest absolute Gasteiger partial charge is 0.321 e. The summed E-state index contributed by atoms with van der Waals surface area (Å²) in [7, 11) is 0. The Morgan fingerprint density at radius 3 is 2.37 bits per heavy atom. The molecule has 2 aromatic carbocycles. The van der Waals surface area contributed by atoms with Gasteiger partial charge in [0.25, 0.3) is 0 Å². The van der Waals surface area contributed by atoms with Gasteiger partial charge in [0, 0.05) is 31.0 Å². The summed E-state index contributed by atoms with van der Waals surface area (Å²) in [6.45, 7) is 2.01. The molecule has 0 aromatic heterocycles. The van der Waals surface area contributed by atoms with Crippen molar-refractivity contribution < 1.29 is 9.59 Å². The number of anilines is 1. The van der Waals surface area contributed by atoms with Gasteiger partial charge in [-0.25, -0.2) is 4.79 Å². The molecule has 2 heterocycles. The van der Waals surface area contributed by atoms with E-state index in [-0.39, 0.29) is 17.9 Å². The molecule has 158 valence electrons. The van der Waals surface area contributed by atoms with E-state index in [9.17, 15) is 9.59 Å². The van der Waals surface area contributed by atoms with E-state index in [1.54, 1.807) is 11.8 Å². The third-order valence-corrected chi connectivity index (χ3v) is 6.90. The Kier molecular flexibility index (Phi) is 6.59. The van der Waals surface area contributed by atoms with Gasteiger partial charge in [-0.3, -0.25) is 4.79 Å². The average molecular weight is 425 g/mol. The number of urea groups is 1. The van der Waals surface area contributed by atoms with Gasteiger partial charge in [-0.1, -0.05) is 48.5 Å². The zero-order valence-electron chi connectivity index (χ0n) is 17.0. The zero-order valence-corrected chi connectivity index (χ0v) is 17.8. The van der Waals surface area contributed by atoms with Crippen LogP contribution in [0.15, 0.2) is 54.6 Å². The molecule has 2 fully saturated rings. The number of carbonyl (C=O) groups excluding carboxylic acids is 2. The number of nitrogens with two attached hydrogens (primary N) is 1. The van der Waals surface area contributed by atoms with E-state index in [4.69, 9.17) is 5.73 Å². The highest BCUT2D eigenvalue weighted by atomic mass is 32.2. The highest BCUT2D eigenvalue weighted by Crippen LogP contribution is 2.29. The molecule has 30 heavy (non-hydrogen) atoms. The van der Waals surface area contributed by atoms with Gasteiger partial charge in [0.15, 0.2) is 0 Å². The molecule has 7 heteroatoms. The highest BCUT2D eigenvalue weighted by molar-refractivity contribution is 7.99. The van der Waals surface area contributed by atoms with Crippen LogP contribution < -0.4 is 11.1 Å². The van der Waals surface area contributed by atoms with Crippen molar-refractivity contribution in [2.24, 2.45) is 11.7 Å². The molecule has 3 N–H and O–H groups in total. The maximum atomic E-state index is 12.9. The Morgan fingerprint density at radius 1 is 0.967 bits per heavy atom. The molecule has 6 nitrogen and oxygen atoms in total. The Morgan fingerprint density at radius 2 is 1.67 bits per heavy atom. The molecule has 2 aliphatic heterocycles. The van der Waals surface area contributed by atoms with E-state index in [2.05, 4.69) is 5.32 Å². The van der Waals surface area contributed by atoms with Gasteiger partial charge >= 0.3 is 6.03 Å². The molecule has 0 radical (unpaired) electrons. The zero-order chi connectivity index (χ0) is 20.9. The molecular weight excluding hydrogens is 396 g/mol. The molecular formula is C23H28N4O2S. The van der Waals surface area contributed by atoms with E-state index >= 15 is 0 Å². The maximum Gasteiger partial charge on any atom is 0.321 e. The van der Waals surface area contributed by atoms with E-state index < -0.39 is 6.04 Å². The van der Waals surface area contributed by atoms with Gasteiger partial charge in [0.05, 0.1) is 17.6 Å². The fraction of sp³-hybridized carbons (Fsp3) is 0.391. The number of amides is 3. The summed E-state index contributed by atoms with van der Waals surface area (Å²) in [5, 5.41) is 3.07. The fourth-order valence-electron chi connectivity index (χ4n) is 4.12. The highest BCUT2D eigenvalue weighted by Gasteiger charge is 2.33. The number of nitrogens with one attached hydrogen (secondary N) is 1. The topological polar surface area (TPSA) is 78.7 Å². The number of para-hydroxylation sites is 1. The monoisotopic (exact) mass is 424 g/mol. The Balaban J connectivity index is 1.35. The van der Waals surface area contributed by atoms with Crippen LogP contribution in [-0.4, -0.2) is 59.0 Å². The van der Waals surface area contributed by atoms with Crippen LogP contribution in [0.5, 0.6) is 0 Å². The fourth-order valence-corrected chi connectivity index (χ4v) is 5.07. The molecule has 2 aromatic rings. The van der Waals surface area contributed by atoms with Crippen molar-refractivity contribution in [3.05, 3.63) is 54.6 Å². The van der Waals surface area contributed by atoms with Gasteiger partial charge in [0.2, 0.25) is 5.91 Å². The van der Waals surface area contributed by atoms with Crippen molar-refractivity contribution >= 4 is 29.4 Å². The predicted molar refractivity (Wildman–Crippen MR) is 122 cm³/mol. The van der Waals surface area contributed by atoms with Crippen LogP contribution in [0.2, 0.25) is 0 Å². The van der Waals surface area contributed by atoms with Crippen LogP contribution in [0.4, 0.5) is 10.5 Å². The number of rotatable bonds is 4. The SMILES string of the molecule is NC(C(=O)N1CCSC1)C1CCN(C(=O)Nc2ccccc2-c2ccccc2)CC1. The number of likely N-dealkylation sites (tertiary alicyclic amines) is 1. The van der Waals surface area contributed by atoms with Crippen LogP contribution in [-0.2, 0) is 4.79 Å². The first-order valence-electron chi connectivity index (χ1n) is 10.5. The second-order valence-corrected chi connectivity index (χ2v) is 8.91. The number of benzene rings is 2. The molecule has 2 aliphatic rings. The van der Waals surface area contributed by atoms with Crippen LogP contribution in [0, 0.1) is 5.92 Å². The van der Waals surface area contributed by atoms with E-state index in [1.807, 2.05) is 64.4 Å². The largest absolute Gasteiger partial charge is 0.331 e. The molecule has 0 aliphatic carbocycles. The number of hydrogen-bond donors (Lipinski definition) is 2. The second-order valence-electron chi connectivity index (χ2n) is 7.83. The van der Waals surface area contributed by atoms with Crippen molar-refractivity contribution in [3.63, 3.8) is 0 Å². The lowest BCUT2D eigenvalue weighted by molar-refractivity contribution is -0.132. The van der Waals surface area contributed by atoms with Gasteiger partial charge in [-0.2, -0.15) is 0 Å². The molecule has 0 spiro atoms. The first-order chi connectivity index (χ1) is 14.6. The van der Waals surface area contributed by atoms with E-state index in [0.29, 0.717) is 13.1 Å².